The summed E-state index contributed by atoms with van der Waals surface area (Å²) in [7, 11) is 1.41. The molecular formula is C26H19Cl2N3O5. The summed E-state index contributed by atoms with van der Waals surface area (Å²) in [4.78, 5) is 50.7. The molecule has 0 fully saturated rings. The molecule has 1 heterocycles. The molecule has 1 aliphatic rings. The largest absolute Gasteiger partial charge is 0.495 e. The van der Waals surface area contributed by atoms with Crippen molar-refractivity contribution >= 4 is 63.8 Å². The van der Waals surface area contributed by atoms with E-state index in [4.69, 9.17) is 27.9 Å². The zero-order valence-electron chi connectivity index (χ0n) is 19.1. The first kappa shape index (κ1) is 25.0. The summed E-state index contributed by atoms with van der Waals surface area (Å²) in [6.07, 6.45) is 0. The van der Waals surface area contributed by atoms with Gasteiger partial charge >= 0.3 is 0 Å². The van der Waals surface area contributed by atoms with Gasteiger partial charge in [-0.05, 0) is 73.7 Å². The van der Waals surface area contributed by atoms with Gasteiger partial charge in [-0.25, -0.2) is 4.90 Å². The fourth-order valence-corrected chi connectivity index (χ4v) is 3.89. The number of nitrogens with zero attached hydrogens (tertiary/aromatic N) is 1. The Balaban J connectivity index is 1.48. The first-order chi connectivity index (χ1) is 17.2. The third kappa shape index (κ3) is 4.95. The molecule has 0 bridgehead atoms. The van der Waals surface area contributed by atoms with Gasteiger partial charge in [-0.3, -0.25) is 19.2 Å². The summed E-state index contributed by atoms with van der Waals surface area (Å²) in [5.74, 6) is -1.56. The van der Waals surface area contributed by atoms with Gasteiger partial charge in [-0.15, -0.1) is 0 Å². The van der Waals surface area contributed by atoms with Gasteiger partial charge in [-0.2, -0.15) is 0 Å². The van der Waals surface area contributed by atoms with Crippen molar-refractivity contribution in [2.75, 3.05) is 22.6 Å². The van der Waals surface area contributed by atoms with Crippen molar-refractivity contribution in [1.29, 1.82) is 0 Å². The lowest BCUT2D eigenvalue weighted by Crippen LogP contribution is -2.32. The number of amides is 3. The molecule has 3 aromatic carbocycles. The molecule has 4 rings (SSSR count). The number of benzene rings is 3. The minimum absolute atomic E-state index is 0.0662. The standard InChI is InChI=1S/C26H19Cl2N3O5/c1-14(32)15-3-8-19(9-4-15)30-24(33)16-5-10-18(11-6-16)29-23-22(28)25(34)31(26(23)35)20-13-17(27)7-12-21(20)36-2/h3-13,29H,1-2H3,(H,30,33). The smallest absolute Gasteiger partial charge is 0.283 e. The van der Waals surface area contributed by atoms with E-state index >= 15 is 0 Å². The molecule has 0 saturated carbocycles. The maximum Gasteiger partial charge on any atom is 0.283 e. The van der Waals surface area contributed by atoms with Gasteiger partial charge < -0.3 is 15.4 Å². The molecule has 2 N–H and O–H groups in total. The summed E-state index contributed by atoms with van der Waals surface area (Å²) in [5.41, 5.74) is 1.92. The van der Waals surface area contributed by atoms with Crippen LogP contribution in [0.2, 0.25) is 5.02 Å². The van der Waals surface area contributed by atoms with Crippen LogP contribution < -0.4 is 20.3 Å². The van der Waals surface area contributed by atoms with Gasteiger partial charge in [0.2, 0.25) is 0 Å². The number of methoxy groups -OCH3 is 1. The molecule has 1 aliphatic heterocycles. The van der Waals surface area contributed by atoms with E-state index in [1.165, 1.54) is 20.1 Å². The summed E-state index contributed by atoms with van der Waals surface area (Å²) < 4.78 is 5.25. The molecule has 0 saturated heterocycles. The molecule has 0 unspecified atom stereocenters. The van der Waals surface area contributed by atoms with Crippen LogP contribution in [0.25, 0.3) is 0 Å². The van der Waals surface area contributed by atoms with E-state index in [9.17, 15) is 19.2 Å². The topological polar surface area (TPSA) is 105 Å². The average molecular weight is 524 g/mol. The summed E-state index contributed by atoms with van der Waals surface area (Å²) >= 11 is 12.2. The molecule has 0 radical (unpaired) electrons. The van der Waals surface area contributed by atoms with E-state index < -0.39 is 11.8 Å². The van der Waals surface area contributed by atoms with Crippen LogP contribution in [-0.4, -0.2) is 30.6 Å². The van der Waals surface area contributed by atoms with Crippen molar-refractivity contribution in [3.8, 4) is 5.75 Å². The third-order valence-electron chi connectivity index (χ3n) is 5.37. The number of anilines is 3. The predicted octanol–water partition coefficient (Wildman–Crippen LogP) is 5.24. The number of ether oxygens (including phenoxy) is 1. The number of rotatable bonds is 7. The van der Waals surface area contributed by atoms with Crippen molar-refractivity contribution in [2.24, 2.45) is 0 Å². The minimum Gasteiger partial charge on any atom is -0.495 e. The summed E-state index contributed by atoms with van der Waals surface area (Å²) in [6, 6.07) is 17.3. The molecular weight excluding hydrogens is 505 g/mol. The van der Waals surface area contributed by atoms with Crippen LogP contribution in [0.3, 0.4) is 0 Å². The van der Waals surface area contributed by atoms with E-state index in [1.807, 2.05) is 0 Å². The fraction of sp³-hybridized carbons (Fsp3) is 0.0769. The number of Topliss-reactive ketones (excluding diaryl/α,β-unsaturated/α-hetero) is 1. The molecule has 0 atom stereocenters. The number of imide groups is 1. The Kier molecular flexibility index (Phi) is 7.10. The highest BCUT2D eigenvalue weighted by atomic mass is 35.5. The van der Waals surface area contributed by atoms with Gasteiger partial charge in [0.1, 0.15) is 16.5 Å². The summed E-state index contributed by atoms with van der Waals surface area (Å²) in [6.45, 7) is 1.47. The normalized spacial score (nSPS) is 13.2. The Morgan fingerprint density at radius 2 is 1.44 bits per heavy atom. The van der Waals surface area contributed by atoms with Gasteiger partial charge in [0.15, 0.2) is 5.78 Å². The van der Waals surface area contributed by atoms with Crippen LogP contribution in [-0.2, 0) is 9.59 Å². The molecule has 3 aromatic rings. The highest BCUT2D eigenvalue weighted by Gasteiger charge is 2.40. The Morgan fingerprint density at radius 3 is 2.06 bits per heavy atom. The van der Waals surface area contributed by atoms with Gasteiger partial charge in [0.25, 0.3) is 17.7 Å². The average Bonchev–Trinajstić information content (AvgIpc) is 3.07. The maximum atomic E-state index is 13.1. The SMILES string of the molecule is COc1ccc(Cl)cc1N1C(=O)C(Cl)=C(Nc2ccc(C(=O)Nc3ccc(C(C)=O)cc3)cc2)C1=O. The fourth-order valence-electron chi connectivity index (χ4n) is 3.51. The Labute approximate surface area is 216 Å². The number of carbonyl (C=O) groups excluding carboxylic acids is 4. The minimum atomic E-state index is -0.725. The van der Waals surface area contributed by atoms with E-state index in [-0.39, 0.29) is 33.9 Å². The second-order valence-corrected chi connectivity index (χ2v) is 8.56. The monoisotopic (exact) mass is 523 g/mol. The van der Waals surface area contributed by atoms with Crippen LogP contribution in [0, 0.1) is 0 Å². The lowest BCUT2D eigenvalue weighted by molar-refractivity contribution is -0.120. The number of carbonyl (C=O) groups is 4. The first-order valence-corrected chi connectivity index (χ1v) is 11.4. The number of nitrogens with one attached hydrogen (secondary N) is 2. The number of hydrogen-bond donors (Lipinski definition) is 2. The van der Waals surface area contributed by atoms with Crippen molar-refractivity contribution in [1.82, 2.24) is 0 Å². The lowest BCUT2D eigenvalue weighted by atomic mass is 10.1. The van der Waals surface area contributed by atoms with Crippen LogP contribution >= 0.6 is 23.2 Å². The summed E-state index contributed by atoms with van der Waals surface area (Å²) in [5, 5.41) is 5.62. The first-order valence-electron chi connectivity index (χ1n) is 10.6. The van der Waals surface area contributed by atoms with Gasteiger partial charge in [0.05, 0.1) is 12.8 Å². The molecule has 8 nitrogen and oxygen atoms in total. The van der Waals surface area contributed by atoms with Crippen LogP contribution in [0.1, 0.15) is 27.6 Å². The Hall–Kier alpha value is -4.14. The van der Waals surface area contributed by atoms with Crippen molar-refractivity contribution in [3.63, 3.8) is 0 Å². The predicted molar refractivity (Wildman–Crippen MR) is 138 cm³/mol. The van der Waals surface area contributed by atoms with Gasteiger partial charge in [0, 0.05) is 27.5 Å². The highest BCUT2D eigenvalue weighted by molar-refractivity contribution is 6.53. The number of hydrogen-bond acceptors (Lipinski definition) is 6. The van der Waals surface area contributed by atoms with Crippen molar-refractivity contribution in [3.05, 3.63) is 93.6 Å². The van der Waals surface area contributed by atoms with E-state index in [2.05, 4.69) is 10.6 Å². The molecule has 3 amide bonds. The second kappa shape index (κ2) is 10.2. The maximum absolute atomic E-state index is 13.1. The van der Waals surface area contributed by atoms with E-state index in [0.717, 1.165) is 4.90 Å². The quantitative estimate of drug-likeness (QED) is 0.324. The van der Waals surface area contributed by atoms with Crippen LogP contribution in [0.15, 0.2) is 77.5 Å². The molecule has 10 heteroatoms. The molecule has 36 heavy (non-hydrogen) atoms. The molecule has 182 valence electrons. The second-order valence-electron chi connectivity index (χ2n) is 7.74. The van der Waals surface area contributed by atoms with Crippen LogP contribution in [0.5, 0.6) is 5.75 Å². The Bertz CT molecular complexity index is 1420. The zero-order chi connectivity index (χ0) is 26.0. The molecule has 0 aliphatic carbocycles. The number of halogens is 2. The molecule has 0 spiro atoms. The number of ketones is 1. The van der Waals surface area contributed by atoms with E-state index in [0.29, 0.717) is 27.5 Å². The van der Waals surface area contributed by atoms with Crippen molar-refractivity contribution in [2.45, 2.75) is 6.92 Å². The van der Waals surface area contributed by atoms with E-state index in [1.54, 1.807) is 60.7 Å². The zero-order valence-corrected chi connectivity index (χ0v) is 20.6. The molecule has 0 aromatic heterocycles. The Morgan fingerprint density at radius 1 is 0.833 bits per heavy atom. The van der Waals surface area contributed by atoms with Gasteiger partial charge in [-0.1, -0.05) is 23.2 Å². The van der Waals surface area contributed by atoms with Crippen LogP contribution in [0.4, 0.5) is 17.1 Å². The lowest BCUT2D eigenvalue weighted by Gasteiger charge is -2.18. The third-order valence-corrected chi connectivity index (χ3v) is 5.96. The highest BCUT2D eigenvalue weighted by Crippen LogP contribution is 2.37. The van der Waals surface area contributed by atoms with Crippen molar-refractivity contribution < 1.29 is 23.9 Å².